The van der Waals surface area contributed by atoms with Gasteiger partial charge in [-0.3, -0.25) is 9.69 Å². The Labute approximate surface area is 96.6 Å². The minimum atomic E-state index is 0.198. The Kier molecular flexibility index (Phi) is 3.76. The largest absolute Gasteiger partial charge is 0.288 e. The summed E-state index contributed by atoms with van der Waals surface area (Å²) in [7, 11) is 0. The van der Waals surface area contributed by atoms with Crippen LogP contribution in [0.5, 0.6) is 0 Å². The molecule has 0 spiro atoms. The number of para-hydroxylation sites is 1. The summed E-state index contributed by atoms with van der Waals surface area (Å²) in [6.45, 7) is 0. The van der Waals surface area contributed by atoms with Gasteiger partial charge in [-0.15, -0.1) is 0 Å². The number of hydrogen-bond acceptors (Lipinski definition) is 1. The molecule has 0 fully saturated rings. The third-order valence-electron chi connectivity index (χ3n) is 2.82. The van der Waals surface area contributed by atoms with E-state index in [0.717, 1.165) is 24.9 Å². The molecular weight excluding hydrogens is 198 g/mol. The summed E-state index contributed by atoms with van der Waals surface area (Å²) in [6.07, 6.45) is 9.07. The van der Waals surface area contributed by atoms with Crippen molar-refractivity contribution in [2.75, 3.05) is 4.90 Å². The molecule has 0 unspecified atom stereocenters. The van der Waals surface area contributed by atoms with Crippen LogP contribution in [0, 0.1) is 0 Å². The minimum Gasteiger partial charge on any atom is -0.288 e. The zero-order valence-corrected chi connectivity index (χ0v) is 9.43. The zero-order valence-electron chi connectivity index (χ0n) is 9.43. The number of rotatable bonds is 1. The third-order valence-corrected chi connectivity index (χ3v) is 2.82. The van der Waals surface area contributed by atoms with Crippen molar-refractivity contribution in [1.82, 2.24) is 0 Å². The number of allylic oxidation sites excluding steroid dienone is 1. The Morgan fingerprint density at radius 3 is 2.62 bits per heavy atom. The van der Waals surface area contributed by atoms with Crippen LogP contribution >= 0.6 is 0 Å². The van der Waals surface area contributed by atoms with Crippen LogP contribution in [-0.2, 0) is 4.79 Å². The van der Waals surface area contributed by atoms with Gasteiger partial charge < -0.3 is 0 Å². The smallest absolute Gasteiger partial charge is 0.231 e. The van der Waals surface area contributed by atoms with Crippen molar-refractivity contribution in [3.8, 4) is 0 Å². The van der Waals surface area contributed by atoms with Gasteiger partial charge in [0.1, 0.15) is 0 Å². The third kappa shape index (κ3) is 2.72. The molecule has 84 valence electrons. The summed E-state index contributed by atoms with van der Waals surface area (Å²) in [4.78, 5) is 13.8. The van der Waals surface area contributed by atoms with Crippen LogP contribution in [0.3, 0.4) is 0 Å². The van der Waals surface area contributed by atoms with Gasteiger partial charge >= 0.3 is 0 Å². The maximum atomic E-state index is 12.0. The van der Waals surface area contributed by atoms with Crippen LogP contribution in [0.15, 0.2) is 42.6 Å². The van der Waals surface area contributed by atoms with Gasteiger partial charge in [-0.2, -0.15) is 0 Å². The molecule has 1 aromatic carbocycles. The fourth-order valence-electron chi connectivity index (χ4n) is 1.92. The molecule has 0 N–H and O–H groups in total. The topological polar surface area (TPSA) is 20.3 Å². The highest BCUT2D eigenvalue weighted by molar-refractivity contribution is 5.95. The normalized spacial score (nSPS) is 17.8. The molecule has 1 amide bonds. The molecule has 0 atom stereocenters. The van der Waals surface area contributed by atoms with Crippen molar-refractivity contribution in [1.29, 1.82) is 0 Å². The molecule has 0 saturated carbocycles. The lowest BCUT2D eigenvalue weighted by Crippen LogP contribution is -2.24. The molecule has 2 rings (SSSR count). The number of amides is 1. The summed E-state index contributed by atoms with van der Waals surface area (Å²) in [5, 5.41) is 0. The van der Waals surface area contributed by atoms with Crippen molar-refractivity contribution < 1.29 is 4.79 Å². The first-order chi connectivity index (χ1) is 7.88. The maximum absolute atomic E-state index is 12.0. The summed E-state index contributed by atoms with van der Waals surface area (Å²) in [6, 6.07) is 9.83. The fourth-order valence-corrected chi connectivity index (χ4v) is 1.92. The van der Waals surface area contributed by atoms with Gasteiger partial charge in [0.05, 0.1) is 0 Å². The van der Waals surface area contributed by atoms with E-state index in [1.807, 2.05) is 36.5 Å². The average Bonchev–Trinajstić information content (AvgIpc) is 2.43. The molecule has 0 radical (unpaired) electrons. The van der Waals surface area contributed by atoms with E-state index < -0.39 is 0 Å². The molecule has 1 heterocycles. The molecule has 16 heavy (non-hydrogen) atoms. The highest BCUT2D eigenvalue weighted by atomic mass is 16.2. The van der Waals surface area contributed by atoms with Gasteiger partial charge in [0.2, 0.25) is 5.91 Å². The Morgan fingerprint density at radius 2 is 1.81 bits per heavy atom. The monoisotopic (exact) mass is 215 g/mol. The summed E-state index contributed by atoms with van der Waals surface area (Å²) in [5.41, 5.74) is 0.964. The van der Waals surface area contributed by atoms with Gasteiger partial charge in [0, 0.05) is 18.3 Å². The van der Waals surface area contributed by atoms with E-state index in [4.69, 9.17) is 0 Å². The van der Waals surface area contributed by atoms with E-state index in [9.17, 15) is 4.79 Å². The lowest BCUT2D eigenvalue weighted by Gasteiger charge is -2.17. The highest BCUT2D eigenvalue weighted by Crippen LogP contribution is 2.18. The summed E-state index contributed by atoms with van der Waals surface area (Å²) in [5.74, 6) is 0.198. The molecule has 2 heteroatoms. The molecule has 1 aliphatic heterocycles. The highest BCUT2D eigenvalue weighted by Gasteiger charge is 2.12. The van der Waals surface area contributed by atoms with E-state index in [1.54, 1.807) is 4.90 Å². The SMILES string of the molecule is O=C1CCCCCC=CN1c1ccccc1. The number of anilines is 1. The standard InChI is InChI=1S/C14H17NO/c16-14-11-7-2-1-3-8-12-15(14)13-9-5-4-6-10-13/h4-6,8-10,12H,1-3,7,11H2. The molecule has 0 aromatic heterocycles. The van der Waals surface area contributed by atoms with E-state index in [1.165, 1.54) is 6.42 Å². The van der Waals surface area contributed by atoms with E-state index in [2.05, 4.69) is 6.08 Å². The number of hydrogen-bond donors (Lipinski definition) is 0. The van der Waals surface area contributed by atoms with Crippen LogP contribution in [0.4, 0.5) is 5.69 Å². The van der Waals surface area contributed by atoms with Crippen molar-refractivity contribution in [3.63, 3.8) is 0 Å². The Morgan fingerprint density at radius 1 is 1.00 bits per heavy atom. The molecular formula is C14H17NO. The number of carbonyl (C=O) groups excluding carboxylic acids is 1. The summed E-state index contributed by atoms with van der Waals surface area (Å²) >= 11 is 0. The Hall–Kier alpha value is -1.57. The second-order valence-electron chi connectivity index (χ2n) is 4.08. The van der Waals surface area contributed by atoms with Crippen molar-refractivity contribution in [2.24, 2.45) is 0 Å². The molecule has 0 saturated heterocycles. The maximum Gasteiger partial charge on any atom is 0.231 e. The average molecular weight is 215 g/mol. The van der Waals surface area contributed by atoms with Crippen molar-refractivity contribution in [3.05, 3.63) is 42.6 Å². The van der Waals surface area contributed by atoms with Gasteiger partial charge in [0.15, 0.2) is 0 Å². The van der Waals surface area contributed by atoms with Gasteiger partial charge in [-0.1, -0.05) is 30.7 Å². The quantitative estimate of drug-likeness (QED) is 0.702. The van der Waals surface area contributed by atoms with Crippen LogP contribution in [0.1, 0.15) is 32.1 Å². The number of nitrogens with zero attached hydrogens (tertiary/aromatic N) is 1. The number of carbonyl (C=O) groups is 1. The minimum absolute atomic E-state index is 0.198. The molecule has 0 aliphatic carbocycles. The summed E-state index contributed by atoms with van der Waals surface area (Å²) < 4.78 is 0. The first kappa shape index (κ1) is 10.9. The second kappa shape index (κ2) is 5.50. The lowest BCUT2D eigenvalue weighted by molar-refractivity contribution is -0.118. The Balaban J connectivity index is 2.21. The van der Waals surface area contributed by atoms with Crippen LogP contribution in [0.25, 0.3) is 0 Å². The number of benzene rings is 1. The second-order valence-corrected chi connectivity index (χ2v) is 4.08. The van der Waals surface area contributed by atoms with E-state index >= 15 is 0 Å². The van der Waals surface area contributed by atoms with E-state index in [-0.39, 0.29) is 5.91 Å². The molecule has 1 aromatic rings. The van der Waals surface area contributed by atoms with Crippen molar-refractivity contribution >= 4 is 11.6 Å². The Bertz CT molecular complexity index is 370. The molecule has 1 aliphatic rings. The lowest BCUT2D eigenvalue weighted by atomic mass is 10.1. The van der Waals surface area contributed by atoms with E-state index in [0.29, 0.717) is 6.42 Å². The first-order valence-corrected chi connectivity index (χ1v) is 5.92. The molecule has 2 nitrogen and oxygen atoms in total. The predicted molar refractivity (Wildman–Crippen MR) is 66.2 cm³/mol. The van der Waals surface area contributed by atoms with Gasteiger partial charge in [-0.25, -0.2) is 0 Å². The zero-order chi connectivity index (χ0) is 11.2. The van der Waals surface area contributed by atoms with Crippen LogP contribution in [0.2, 0.25) is 0 Å². The first-order valence-electron chi connectivity index (χ1n) is 5.92. The molecule has 0 bridgehead atoms. The fraction of sp³-hybridized carbons (Fsp3) is 0.357. The van der Waals surface area contributed by atoms with Crippen LogP contribution in [-0.4, -0.2) is 5.91 Å². The predicted octanol–water partition coefficient (Wildman–Crippen LogP) is 3.50. The van der Waals surface area contributed by atoms with Crippen molar-refractivity contribution in [2.45, 2.75) is 32.1 Å². The van der Waals surface area contributed by atoms with Gasteiger partial charge in [-0.05, 0) is 31.4 Å². The van der Waals surface area contributed by atoms with Crippen LogP contribution < -0.4 is 4.90 Å². The van der Waals surface area contributed by atoms with Gasteiger partial charge in [0.25, 0.3) is 0 Å².